The van der Waals surface area contributed by atoms with Crippen molar-refractivity contribution < 1.29 is 4.74 Å². The summed E-state index contributed by atoms with van der Waals surface area (Å²) in [6.07, 6.45) is 18.3. The maximum atomic E-state index is 5.53. The van der Waals surface area contributed by atoms with E-state index in [-0.39, 0.29) is 0 Å². The van der Waals surface area contributed by atoms with E-state index in [0.717, 1.165) is 24.2 Å². The summed E-state index contributed by atoms with van der Waals surface area (Å²) in [6, 6.07) is 0. The lowest BCUT2D eigenvalue weighted by atomic mass is 9.54. The van der Waals surface area contributed by atoms with E-state index in [4.69, 9.17) is 4.74 Å². The lowest BCUT2D eigenvalue weighted by molar-refractivity contribution is 0.0615. The molecule has 0 radical (unpaired) electrons. The minimum absolute atomic E-state index is 0.524. The fourth-order valence-electron chi connectivity index (χ4n) is 6.55. The van der Waals surface area contributed by atoms with Crippen LogP contribution in [0.2, 0.25) is 0 Å². The first-order chi connectivity index (χ1) is 11.7. The Balaban J connectivity index is 1.57. The van der Waals surface area contributed by atoms with Gasteiger partial charge in [0.2, 0.25) is 0 Å². The number of allylic oxidation sites excluding steroid dienone is 5. The van der Waals surface area contributed by atoms with Gasteiger partial charge in [-0.2, -0.15) is 0 Å². The van der Waals surface area contributed by atoms with Crippen molar-refractivity contribution in [1.29, 1.82) is 0 Å². The molecule has 0 spiro atoms. The normalized spacial score (nSPS) is 40.0. The van der Waals surface area contributed by atoms with Gasteiger partial charge in [-0.1, -0.05) is 43.1 Å². The first-order valence-electron chi connectivity index (χ1n) is 10.3. The molecule has 4 rings (SSSR count). The van der Waals surface area contributed by atoms with E-state index in [9.17, 15) is 0 Å². The lowest BCUT2D eigenvalue weighted by Gasteiger charge is -2.51. The molecule has 0 N–H and O–H groups in total. The minimum Gasteiger partial charge on any atom is -0.501 e. The van der Waals surface area contributed by atoms with Gasteiger partial charge in [-0.3, -0.25) is 0 Å². The molecule has 0 heterocycles. The van der Waals surface area contributed by atoms with Crippen molar-refractivity contribution in [2.24, 2.45) is 23.2 Å². The molecule has 4 aliphatic carbocycles. The summed E-state index contributed by atoms with van der Waals surface area (Å²) < 4.78 is 5.53. The van der Waals surface area contributed by atoms with Gasteiger partial charge in [0.25, 0.3) is 0 Å². The zero-order valence-electron chi connectivity index (χ0n) is 15.9. The van der Waals surface area contributed by atoms with E-state index in [0.29, 0.717) is 5.41 Å². The van der Waals surface area contributed by atoms with Gasteiger partial charge in [0.15, 0.2) is 0 Å². The number of fused-ring (bicyclic) bond motifs is 4. The summed E-state index contributed by atoms with van der Waals surface area (Å²) in [7, 11) is 1.83. The third-order valence-electron chi connectivity index (χ3n) is 7.84. The Morgan fingerprint density at radius 3 is 2.92 bits per heavy atom. The highest BCUT2D eigenvalue weighted by atomic mass is 16.5. The predicted molar refractivity (Wildman–Crippen MR) is 101 cm³/mol. The van der Waals surface area contributed by atoms with Crippen LogP contribution < -0.4 is 0 Å². The zero-order valence-corrected chi connectivity index (χ0v) is 15.9. The Bertz CT molecular complexity index is 593. The van der Waals surface area contributed by atoms with Crippen LogP contribution in [0.4, 0.5) is 0 Å². The van der Waals surface area contributed by atoms with Gasteiger partial charge in [0.05, 0.1) is 12.9 Å². The molecule has 0 aliphatic heterocycles. The average molecular weight is 327 g/mol. The molecule has 0 saturated heterocycles. The number of unbranched alkanes of at least 4 members (excludes halogenated alkanes) is 1. The van der Waals surface area contributed by atoms with E-state index < -0.39 is 0 Å². The van der Waals surface area contributed by atoms with Crippen LogP contribution in [-0.4, -0.2) is 7.11 Å². The Labute approximate surface area is 148 Å². The number of rotatable bonds is 3. The molecule has 0 aromatic carbocycles. The quantitative estimate of drug-likeness (QED) is 0.533. The molecule has 0 aromatic rings. The van der Waals surface area contributed by atoms with Crippen molar-refractivity contribution in [2.75, 3.05) is 7.11 Å². The first-order valence-corrected chi connectivity index (χ1v) is 10.3. The summed E-state index contributed by atoms with van der Waals surface area (Å²) in [4.78, 5) is 0. The number of methoxy groups -OCH3 is 1. The summed E-state index contributed by atoms with van der Waals surface area (Å²) in [5.74, 6) is 3.99. The van der Waals surface area contributed by atoms with E-state index >= 15 is 0 Å². The molecule has 1 nitrogen and oxygen atoms in total. The Hall–Kier alpha value is -0.980. The van der Waals surface area contributed by atoms with Gasteiger partial charge in [0, 0.05) is 6.42 Å². The second-order valence-electron chi connectivity index (χ2n) is 8.81. The van der Waals surface area contributed by atoms with Crippen LogP contribution in [0.3, 0.4) is 0 Å². The summed E-state index contributed by atoms with van der Waals surface area (Å²) >= 11 is 0. The Morgan fingerprint density at radius 1 is 1.25 bits per heavy atom. The summed E-state index contributed by atoms with van der Waals surface area (Å²) in [5.41, 5.74) is 5.90. The molecule has 2 fully saturated rings. The standard InChI is InChI=1S/C23H34O/c1-4-5-6-17-8-12-22-21-10-7-16-15-18(24-3)9-11-19(16)20(21)13-14-23(17,22)2/h6,9,20-22H,4-5,7-8,10-15H2,1-3H3. The Kier molecular flexibility index (Phi) is 4.39. The fraction of sp³-hybridized carbons (Fsp3) is 0.739. The summed E-state index contributed by atoms with van der Waals surface area (Å²) in [6.45, 7) is 4.92. The highest BCUT2D eigenvalue weighted by molar-refractivity contribution is 5.34. The van der Waals surface area contributed by atoms with Crippen molar-refractivity contribution in [3.05, 3.63) is 34.6 Å². The second-order valence-corrected chi connectivity index (χ2v) is 8.81. The first kappa shape index (κ1) is 16.5. The largest absolute Gasteiger partial charge is 0.501 e. The van der Waals surface area contributed by atoms with E-state index in [1.807, 2.05) is 18.3 Å². The molecule has 1 heteroatoms. The topological polar surface area (TPSA) is 9.23 Å². The van der Waals surface area contributed by atoms with Crippen molar-refractivity contribution in [3.63, 3.8) is 0 Å². The fourth-order valence-corrected chi connectivity index (χ4v) is 6.55. The highest BCUT2D eigenvalue weighted by Gasteiger charge is 2.52. The van der Waals surface area contributed by atoms with E-state index in [1.165, 1.54) is 63.5 Å². The van der Waals surface area contributed by atoms with Gasteiger partial charge in [0.1, 0.15) is 0 Å². The predicted octanol–water partition coefficient (Wildman–Crippen LogP) is 6.57. The van der Waals surface area contributed by atoms with Crippen LogP contribution in [0.15, 0.2) is 34.6 Å². The third kappa shape index (κ3) is 2.50. The van der Waals surface area contributed by atoms with Crippen molar-refractivity contribution >= 4 is 0 Å². The van der Waals surface area contributed by atoms with Crippen LogP contribution in [0, 0.1) is 23.2 Å². The molecule has 4 aliphatic rings. The summed E-state index contributed by atoms with van der Waals surface area (Å²) in [5, 5.41) is 0. The van der Waals surface area contributed by atoms with Crippen LogP contribution in [0.25, 0.3) is 0 Å². The number of hydrogen-bond donors (Lipinski definition) is 0. The highest BCUT2D eigenvalue weighted by Crippen LogP contribution is 2.62. The average Bonchev–Trinajstić information content (AvgIpc) is 2.95. The molecule has 0 amide bonds. The molecule has 132 valence electrons. The molecule has 0 aromatic heterocycles. The van der Waals surface area contributed by atoms with Crippen LogP contribution in [-0.2, 0) is 4.74 Å². The van der Waals surface area contributed by atoms with Crippen molar-refractivity contribution in [1.82, 2.24) is 0 Å². The molecule has 2 saturated carbocycles. The maximum Gasteiger partial charge on any atom is 0.0959 e. The van der Waals surface area contributed by atoms with Gasteiger partial charge in [-0.25, -0.2) is 0 Å². The van der Waals surface area contributed by atoms with Gasteiger partial charge in [-0.15, -0.1) is 0 Å². The van der Waals surface area contributed by atoms with Crippen molar-refractivity contribution in [2.45, 2.75) is 78.1 Å². The SMILES string of the molecule is CCCC=C1CCC2C3CCC4=C(CC=C(OC)C4)C3CCC12C. The van der Waals surface area contributed by atoms with Crippen LogP contribution >= 0.6 is 0 Å². The lowest BCUT2D eigenvalue weighted by Crippen LogP contribution is -2.41. The molecule has 4 unspecified atom stereocenters. The molecule has 4 atom stereocenters. The molecule has 24 heavy (non-hydrogen) atoms. The van der Waals surface area contributed by atoms with Crippen molar-refractivity contribution in [3.8, 4) is 0 Å². The number of ether oxygens (including phenoxy) is 1. The van der Waals surface area contributed by atoms with E-state index in [1.54, 1.807) is 5.57 Å². The van der Waals surface area contributed by atoms with Gasteiger partial charge >= 0.3 is 0 Å². The van der Waals surface area contributed by atoms with E-state index in [2.05, 4.69) is 26.0 Å². The monoisotopic (exact) mass is 326 g/mol. The van der Waals surface area contributed by atoms with Crippen LogP contribution in [0.1, 0.15) is 78.1 Å². The molecular formula is C23H34O. The number of hydrogen-bond acceptors (Lipinski definition) is 1. The van der Waals surface area contributed by atoms with Gasteiger partial charge in [-0.05, 0) is 80.6 Å². The Morgan fingerprint density at radius 2 is 2.12 bits per heavy atom. The van der Waals surface area contributed by atoms with Gasteiger partial charge < -0.3 is 4.74 Å². The molecular weight excluding hydrogens is 292 g/mol. The third-order valence-corrected chi connectivity index (χ3v) is 7.84. The minimum atomic E-state index is 0.524. The zero-order chi connectivity index (χ0) is 16.7. The van der Waals surface area contributed by atoms with Crippen LogP contribution in [0.5, 0.6) is 0 Å². The smallest absolute Gasteiger partial charge is 0.0959 e. The second kappa shape index (κ2) is 6.39. The molecule has 0 bridgehead atoms. The maximum absolute atomic E-state index is 5.53.